The van der Waals surface area contributed by atoms with E-state index < -0.39 is 0 Å². The Morgan fingerprint density at radius 1 is 1.08 bits per heavy atom. The molecule has 0 saturated carbocycles. The fourth-order valence-electron chi connectivity index (χ4n) is 2.91. The van der Waals surface area contributed by atoms with Crippen LogP contribution in [0.15, 0.2) is 24.3 Å². The molecule has 0 radical (unpaired) electrons. The molecule has 0 unspecified atom stereocenters. The van der Waals surface area contributed by atoms with Crippen molar-refractivity contribution < 1.29 is 19.1 Å². The van der Waals surface area contributed by atoms with E-state index in [1.54, 1.807) is 38.1 Å². The molecule has 2 rings (SSSR count). The minimum Gasteiger partial charge on any atom is -0.466 e. The van der Waals surface area contributed by atoms with Gasteiger partial charge in [-0.05, 0) is 51.1 Å². The zero-order chi connectivity index (χ0) is 18.9. The molecular weight excluding hydrogens is 334 g/mol. The molecule has 1 saturated heterocycles. The second-order valence-corrected chi connectivity index (χ2v) is 6.33. The van der Waals surface area contributed by atoms with Crippen molar-refractivity contribution in [2.45, 2.75) is 33.1 Å². The third-order valence-electron chi connectivity index (χ3n) is 4.33. The summed E-state index contributed by atoms with van der Waals surface area (Å²) in [6.07, 6.45) is 1.83. The summed E-state index contributed by atoms with van der Waals surface area (Å²) in [6.45, 7) is 5.67. The fourth-order valence-corrected chi connectivity index (χ4v) is 2.91. The van der Waals surface area contributed by atoms with Gasteiger partial charge in [0.2, 0.25) is 11.8 Å². The Labute approximate surface area is 154 Å². The van der Waals surface area contributed by atoms with Gasteiger partial charge in [0, 0.05) is 17.8 Å². The molecule has 1 aliphatic heterocycles. The highest BCUT2D eigenvalue weighted by Crippen LogP contribution is 2.19. The van der Waals surface area contributed by atoms with Gasteiger partial charge < -0.3 is 15.4 Å². The maximum absolute atomic E-state index is 12.3. The van der Waals surface area contributed by atoms with Gasteiger partial charge in [-0.2, -0.15) is 0 Å². The summed E-state index contributed by atoms with van der Waals surface area (Å²) in [5.41, 5.74) is 1.30. The number of esters is 1. The summed E-state index contributed by atoms with van der Waals surface area (Å²) < 4.78 is 5.06. The summed E-state index contributed by atoms with van der Waals surface area (Å²) in [5.74, 6) is -0.382. The van der Waals surface area contributed by atoms with Crippen LogP contribution >= 0.6 is 0 Å². The molecule has 1 aromatic rings. The summed E-state index contributed by atoms with van der Waals surface area (Å²) in [4.78, 5) is 37.5. The molecule has 26 heavy (non-hydrogen) atoms. The van der Waals surface area contributed by atoms with E-state index in [0.717, 1.165) is 0 Å². The lowest BCUT2D eigenvalue weighted by Crippen LogP contribution is -2.41. The quantitative estimate of drug-likeness (QED) is 0.727. The van der Waals surface area contributed by atoms with Gasteiger partial charge in [0.25, 0.3) is 0 Å². The van der Waals surface area contributed by atoms with Crippen LogP contribution in [0.2, 0.25) is 0 Å². The molecule has 0 bridgehead atoms. The maximum atomic E-state index is 12.3. The number of carbonyl (C=O) groups is 3. The number of ether oxygens (including phenoxy) is 1. The number of likely N-dealkylation sites (tertiary alicyclic amines) is 1. The molecule has 1 fully saturated rings. The predicted molar refractivity (Wildman–Crippen MR) is 99.8 cm³/mol. The van der Waals surface area contributed by atoms with Crippen LogP contribution in [-0.2, 0) is 19.1 Å². The van der Waals surface area contributed by atoms with Crippen LogP contribution in [0, 0.1) is 5.92 Å². The van der Waals surface area contributed by atoms with Crippen molar-refractivity contribution in [2.75, 3.05) is 36.9 Å². The molecule has 7 heteroatoms. The van der Waals surface area contributed by atoms with Gasteiger partial charge in [0.15, 0.2) is 0 Å². The third kappa shape index (κ3) is 6.15. The molecule has 0 atom stereocenters. The number of benzene rings is 1. The number of hydrogen-bond acceptors (Lipinski definition) is 5. The second-order valence-electron chi connectivity index (χ2n) is 6.33. The van der Waals surface area contributed by atoms with Gasteiger partial charge >= 0.3 is 5.97 Å². The van der Waals surface area contributed by atoms with Crippen LogP contribution in [0.4, 0.5) is 11.4 Å². The van der Waals surface area contributed by atoms with Gasteiger partial charge in [-0.15, -0.1) is 0 Å². The lowest BCUT2D eigenvalue weighted by Gasteiger charge is -2.30. The summed E-state index contributed by atoms with van der Waals surface area (Å²) in [5, 5.41) is 5.62. The monoisotopic (exact) mass is 361 g/mol. The Bertz CT molecular complexity index is 639. The minimum atomic E-state index is -0.137. The predicted octanol–water partition coefficient (Wildman–Crippen LogP) is 2.25. The number of piperidine rings is 1. The van der Waals surface area contributed by atoms with Gasteiger partial charge in [-0.3, -0.25) is 19.3 Å². The van der Waals surface area contributed by atoms with Crippen molar-refractivity contribution in [3.05, 3.63) is 24.3 Å². The Morgan fingerprint density at radius 2 is 1.69 bits per heavy atom. The van der Waals surface area contributed by atoms with E-state index in [1.807, 2.05) is 4.90 Å². The van der Waals surface area contributed by atoms with E-state index in [9.17, 15) is 14.4 Å². The summed E-state index contributed by atoms with van der Waals surface area (Å²) in [6, 6.07) is 7.08. The lowest BCUT2D eigenvalue weighted by molar-refractivity contribution is -0.149. The van der Waals surface area contributed by atoms with E-state index in [-0.39, 0.29) is 30.2 Å². The first-order valence-corrected chi connectivity index (χ1v) is 9.10. The first-order valence-electron chi connectivity index (χ1n) is 9.10. The zero-order valence-corrected chi connectivity index (χ0v) is 15.4. The summed E-state index contributed by atoms with van der Waals surface area (Å²) >= 11 is 0. The van der Waals surface area contributed by atoms with Crippen molar-refractivity contribution in [1.29, 1.82) is 0 Å². The van der Waals surface area contributed by atoms with Crippen LogP contribution in [0.3, 0.4) is 0 Å². The molecule has 7 nitrogen and oxygen atoms in total. The van der Waals surface area contributed by atoms with Crippen LogP contribution in [-0.4, -0.2) is 48.9 Å². The molecule has 1 aromatic carbocycles. The van der Waals surface area contributed by atoms with Crippen molar-refractivity contribution in [3.63, 3.8) is 0 Å². The Hall–Kier alpha value is -2.41. The Balaban J connectivity index is 1.80. The van der Waals surface area contributed by atoms with E-state index >= 15 is 0 Å². The molecule has 0 spiro atoms. The zero-order valence-electron chi connectivity index (χ0n) is 15.4. The first-order chi connectivity index (χ1) is 12.5. The molecule has 2 amide bonds. The minimum absolute atomic E-state index is 0.0619. The highest BCUT2D eigenvalue weighted by Gasteiger charge is 2.26. The van der Waals surface area contributed by atoms with Crippen molar-refractivity contribution in [2.24, 2.45) is 5.92 Å². The van der Waals surface area contributed by atoms with Gasteiger partial charge in [0.1, 0.15) is 0 Å². The molecule has 0 aromatic heterocycles. The van der Waals surface area contributed by atoms with E-state index in [2.05, 4.69) is 10.6 Å². The molecule has 142 valence electrons. The van der Waals surface area contributed by atoms with Crippen LogP contribution in [0.5, 0.6) is 0 Å². The largest absolute Gasteiger partial charge is 0.466 e. The third-order valence-corrected chi connectivity index (χ3v) is 4.33. The summed E-state index contributed by atoms with van der Waals surface area (Å²) in [7, 11) is 0. The maximum Gasteiger partial charge on any atom is 0.309 e. The Kier molecular flexibility index (Phi) is 7.59. The highest BCUT2D eigenvalue weighted by molar-refractivity contribution is 5.94. The van der Waals surface area contributed by atoms with E-state index in [1.165, 1.54) is 0 Å². The normalized spacial score (nSPS) is 15.3. The van der Waals surface area contributed by atoms with Crippen LogP contribution < -0.4 is 10.6 Å². The van der Waals surface area contributed by atoms with Gasteiger partial charge in [-0.1, -0.05) is 13.0 Å². The number of hydrogen-bond donors (Lipinski definition) is 2. The SMILES string of the molecule is CCOC(=O)C1CCN(CC(=O)Nc2cccc(NC(=O)CC)c2)CC1. The van der Waals surface area contributed by atoms with Crippen molar-refractivity contribution >= 4 is 29.2 Å². The van der Waals surface area contributed by atoms with Gasteiger partial charge in [0.05, 0.1) is 19.1 Å². The smallest absolute Gasteiger partial charge is 0.309 e. The standard InChI is InChI=1S/C19H27N3O4/c1-3-17(23)20-15-6-5-7-16(12-15)21-18(24)13-22-10-8-14(9-11-22)19(25)26-4-2/h5-7,12,14H,3-4,8-11,13H2,1-2H3,(H,20,23)(H,21,24). The van der Waals surface area contributed by atoms with Crippen LogP contribution in [0.1, 0.15) is 33.1 Å². The Morgan fingerprint density at radius 3 is 2.27 bits per heavy atom. The van der Waals surface area contributed by atoms with Gasteiger partial charge in [-0.25, -0.2) is 0 Å². The average Bonchev–Trinajstić information content (AvgIpc) is 2.62. The number of rotatable bonds is 7. The second kappa shape index (κ2) is 9.91. The van der Waals surface area contributed by atoms with E-state index in [4.69, 9.17) is 4.74 Å². The van der Waals surface area contributed by atoms with Crippen LogP contribution in [0.25, 0.3) is 0 Å². The van der Waals surface area contributed by atoms with E-state index in [0.29, 0.717) is 50.3 Å². The highest BCUT2D eigenvalue weighted by atomic mass is 16.5. The lowest BCUT2D eigenvalue weighted by atomic mass is 9.97. The van der Waals surface area contributed by atoms with Crippen molar-refractivity contribution in [1.82, 2.24) is 4.90 Å². The molecule has 2 N–H and O–H groups in total. The molecule has 1 heterocycles. The molecular formula is C19H27N3O4. The molecule has 1 aliphatic rings. The number of nitrogens with one attached hydrogen (secondary N) is 2. The average molecular weight is 361 g/mol. The first kappa shape index (κ1) is 19.9. The molecule has 0 aliphatic carbocycles. The van der Waals surface area contributed by atoms with Crippen molar-refractivity contribution in [3.8, 4) is 0 Å². The number of anilines is 2. The number of carbonyl (C=O) groups excluding carboxylic acids is 3. The topological polar surface area (TPSA) is 87.7 Å². The number of amides is 2. The fraction of sp³-hybridized carbons (Fsp3) is 0.526. The number of nitrogens with zero attached hydrogens (tertiary/aromatic N) is 1.